The van der Waals surface area contributed by atoms with Gasteiger partial charge in [-0.2, -0.15) is 0 Å². The lowest BCUT2D eigenvalue weighted by Crippen LogP contribution is -2.23. The largest absolute Gasteiger partial charge is 0.249 e. The van der Waals surface area contributed by atoms with Crippen LogP contribution in [0.5, 0.6) is 0 Å². The molecule has 2 heterocycles. The minimum Gasteiger partial charge on any atom is -0.230 e. The predicted molar refractivity (Wildman–Crippen MR) is 80.7 cm³/mol. The van der Waals surface area contributed by atoms with Crippen molar-refractivity contribution in [3.8, 4) is 11.3 Å². The summed E-state index contributed by atoms with van der Waals surface area (Å²) in [5.74, 6) is 0.201. The normalized spacial score (nSPS) is 16.1. The van der Waals surface area contributed by atoms with Crippen LogP contribution in [0.2, 0.25) is 0 Å². The summed E-state index contributed by atoms with van der Waals surface area (Å²) in [6.45, 7) is 4.12. The SMILES string of the molecule is CC(C)C1(Sc2nc(-c3ccccc3)cs2)N=NN=N1. The van der Waals surface area contributed by atoms with Crippen LogP contribution in [0.25, 0.3) is 11.3 Å². The van der Waals surface area contributed by atoms with Crippen LogP contribution >= 0.6 is 23.1 Å². The van der Waals surface area contributed by atoms with Crippen LogP contribution in [0.15, 0.2) is 60.7 Å². The van der Waals surface area contributed by atoms with E-state index in [9.17, 15) is 0 Å². The molecule has 0 unspecified atom stereocenters. The Morgan fingerprint density at radius 3 is 2.45 bits per heavy atom. The average Bonchev–Trinajstić information content (AvgIpc) is 3.10. The fourth-order valence-corrected chi connectivity index (χ4v) is 3.80. The first-order chi connectivity index (χ1) is 9.70. The maximum absolute atomic E-state index is 4.65. The lowest BCUT2D eigenvalue weighted by Gasteiger charge is -2.21. The van der Waals surface area contributed by atoms with E-state index in [1.54, 1.807) is 11.3 Å². The summed E-state index contributed by atoms with van der Waals surface area (Å²) in [4.78, 5) is 3.99. The van der Waals surface area contributed by atoms with Gasteiger partial charge in [0.2, 0.25) is 4.99 Å². The molecule has 0 amide bonds. The molecule has 0 bridgehead atoms. The van der Waals surface area contributed by atoms with E-state index in [0.29, 0.717) is 0 Å². The molecule has 7 heteroatoms. The minimum absolute atomic E-state index is 0.201. The molecule has 0 atom stereocenters. The molecule has 1 aromatic heterocycles. The number of aromatic nitrogens is 1. The molecule has 0 spiro atoms. The zero-order valence-electron chi connectivity index (χ0n) is 11.1. The number of rotatable bonds is 4. The maximum Gasteiger partial charge on any atom is 0.249 e. The Morgan fingerprint density at radius 1 is 1.10 bits per heavy atom. The van der Waals surface area contributed by atoms with Gasteiger partial charge in [-0.25, -0.2) is 4.98 Å². The molecule has 20 heavy (non-hydrogen) atoms. The van der Waals surface area contributed by atoms with Gasteiger partial charge >= 0.3 is 0 Å². The zero-order chi connectivity index (χ0) is 14.0. The number of hydrogen-bond donors (Lipinski definition) is 0. The van der Waals surface area contributed by atoms with Crippen LogP contribution in [0.4, 0.5) is 0 Å². The Labute approximate surface area is 125 Å². The van der Waals surface area contributed by atoms with Crippen LogP contribution in [0.3, 0.4) is 0 Å². The van der Waals surface area contributed by atoms with E-state index in [-0.39, 0.29) is 5.92 Å². The molecular weight excluding hydrogens is 290 g/mol. The van der Waals surface area contributed by atoms with Crippen LogP contribution in [0.1, 0.15) is 13.8 Å². The van der Waals surface area contributed by atoms with Crippen LogP contribution in [-0.4, -0.2) is 9.98 Å². The van der Waals surface area contributed by atoms with Crippen molar-refractivity contribution < 1.29 is 0 Å². The summed E-state index contributed by atoms with van der Waals surface area (Å²) in [6, 6.07) is 10.1. The minimum atomic E-state index is -0.661. The number of nitrogens with zero attached hydrogens (tertiary/aromatic N) is 5. The standard InChI is InChI=1S/C13H13N5S2/c1-9(2)13(15-17-18-16-13)20-12-14-11(8-19-12)10-6-4-3-5-7-10/h3-9H,1-2H3. The van der Waals surface area contributed by atoms with Gasteiger partial charge in [0, 0.05) is 16.9 Å². The van der Waals surface area contributed by atoms with Gasteiger partial charge in [-0.05, 0) is 22.2 Å². The van der Waals surface area contributed by atoms with Crippen molar-refractivity contribution >= 4 is 23.1 Å². The van der Waals surface area contributed by atoms with Gasteiger partial charge in [0.05, 0.1) is 5.69 Å². The Bertz CT molecular complexity index is 636. The Balaban J connectivity index is 1.85. The van der Waals surface area contributed by atoms with E-state index < -0.39 is 4.99 Å². The third-order valence-electron chi connectivity index (χ3n) is 2.96. The molecule has 3 rings (SSSR count). The molecular formula is C13H13N5S2. The molecule has 0 fully saturated rings. The van der Waals surface area contributed by atoms with Crippen molar-refractivity contribution in [2.75, 3.05) is 0 Å². The summed E-state index contributed by atoms with van der Waals surface area (Å²) in [5, 5.41) is 17.7. The third kappa shape index (κ3) is 2.51. The maximum atomic E-state index is 4.65. The predicted octanol–water partition coefficient (Wildman–Crippen LogP) is 5.05. The molecule has 0 radical (unpaired) electrons. The fourth-order valence-electron chi connectivity index (χ4n) is 1.75. The molecule has 1 aliphatic rings. The van der Waals surface area contributed by atoms with Crippen molar-refractivity contribution in [1.82, 2.24) is 4.98 Å². The van der Waals surface area contributed by atoms with Crippen LogP contribution in [0, 0.1) is 5.92 Å². The van der Waals surface area contributed by atoms with E-state index in [4.69, 9.17) is 0 Å². The first kappa shape index (κ1) is 13.4. The highest BCUT2D eigenvalue weighted by molar-refractivity contribution is 8.02. The average molecular weight is 303 g/mol. The molecule has 1 aliphatic heterocycles. The first-order valence-corrected chi connectivity index (χ1v) is 7.93. The first-order valence-electron chi connectivity index (χ1n) is 6.24. The van der Waals surface area contributed by atoms with E-state index in [1.165, 1.54) is 11.8 Å². The van der Waals surface area contributed by atoms with Crippen molar-refractivity contribution in [2.45, 2.75) is 23.2 Å². The summed E-state index contributed by atoms with van der Waals surface area (Å²) in [5.41, 5.74) is 2.09. The van der Waals surface area contributed by atoms with Gasteiger partial charge in [0.15, 0.2) is 4.34 Å². The second kappa shape index (κ2) is 5.41. The van der Waals surface area contributed by atoms with Gasteiger partial charge in [0.1, 0.15) is 0 Å². The molecule has 2 aromatic rings. The van der Waals surface area contributed by atoms with Gasteiger partial charge in [0.25, 0.3) is 0 Å². The smallest absolute Gasteiger partial charge is 0.230 e. The lowest BCUT2D eigenvalue weighted by atomic mass is 10.2. The molecule has 0 N–H and O–H groups in total. The zero-order valence-corrected chi connectivity index (χ0v) is 12.7. The van der Waals surface area contributed by atoms with Gasteiger partial charge in [-0.15, -0.1) is 21.6 Å². The number of thioether (sulfide) groups is 1. The number of benzene rings is 1. The fraction of sp³-hybridized carbons (Fsp3) is 0.308. The van der Waals surface area contributed by atoms with Gasteiger partial charge in [-0.3, -0.25) is 0 Å². The van der Waals surface area contributed by atoms with Crippen molar-refractivity contribution in [3.05, 3.63) is 35.7 Å². The molecule has 1 aromatic carbocycles. The van der Waals surface area contributed by atoms with Crippen molar-refractivity contribution in [1.29, 1.82) is 0 Å². The monoisotopic (exact) mass is 303 g/mol. The quantitative estimate of drug-likeness (QED) is 0.793. The van der Waals surface area contributed by atoms with Crippen molar-refractivity contribution in [2.24, 2.45) is 26.6 Å². The second-order valence-electron chi connectivity index (χ2n) is 4.66. The van der Waals surface area contributed by atoms with Gasteiger partial charge in [-0.1, -0.05) is 44.2 Å². The lowest BCUT2D eigenvalue weighted by molar-refractivity contribution is 0.461. The van der Waals surface area contributed by atoms with Crippen LogP contribution < -0.4 is 0 Å². The third-order valence-corrected chi connectivity index (χ3v) is 5.33. The Hall–Kier alpha value is -1.60. The molecule has 102 valence electrons. The van der Waals surface area contributed by atoms with E-state index >= 15 is 0 Å². The summed E-state index contributed by atoms with van der Waals surface area (Å²) in [6.07, 6.45) is 0. The topological polar surface area (TPSA) is 62.3 Å². The number of thiazole rings is 1. The van der Waals surface area contributed by atoms with E-state index in [0.717, 1.165) is 15.6 Å². The summed E-state index contributed by atoms with van der Waals surface area (Å²) in [7, 11) is 0. The van der Waals surface area contributed by atoms with Crippen LogP contribution in [-0.2, 0) is 0 Å². The highest BCUT2D eigenvalue weighted by atomic mass is 32.2. The summed E-state index contributed by atoms with van der Waals surface area (Å²) < 4.78 is 0.928. The second-order valence-corrected chi connectivity index (χ2v) is 6.97. The summed E-state index contributed by atoms with van der Waals surface area (Å²) >= 11 is 3.10. The molecule has 0 saturated heterocycles. The molecule has 0 saturated carbocycles. The van der Waals surface area contributed by atoms with Gasteiger partial charge < -0.3 is 0 Å². The van der Waals surface area contributed by atoms with E-state index in [1.807, 2.05) is 18.2 Å². The Morgan fingerprint density at radius 2 is 1.80 bits per heavy atom. The van der Waals surface area contributed by atoms with E-state index in [2.05, 4.69) is 57.0 Å². The Kier molecular flexibility index (Phi) is 3.62. The highest BCUT2D eigenvalue weighted by Gasteiger charge is 2.39. The number of hydrogen-bond acceptors (Lipinski definition) is 7. The molecule has 0 aliphatic carbocycles. The highest BCUT2D eigenvalue weighted by Crippen LogP contribution is 2.45. The van der Waals surface area contributed by atoms with Crippen molar-refractivity contribution in [3.63, 3.8) is 0 Å². The molecule has 5 nitrogen and oxygen atoms in total.